The van der Waals surface area contributed by atoms with E-state index in [0.29, 0.717) is 0 Å². The van der Waals surface area contributed by atoms with Crippen LogP contribution in [0.3, 0.4) is 0 Å². The summed E-state index contributed by atoms with van der Waals surface area (Å²) in [6.07, 6.45) is 0. The molecule has 0 amide bonds. The van der Waals surface area contributed by atoms with E-state index in [1.54, 1.807) is 0 Å². The third-order valence-electron chi connectivity index (χ3n) is 14.1. The molecule has 0 aliphatic heterocycles. The van der Waals surface area contributed by atoms with Crippen molar-refractivity contribution in [2.24, 2.45) is 0 Å². The number of fused-ring (bicyclic) bond motifs is 7. The van der Waals surface area contributed by atoms with E-state index >= 15 is 0 Å². The van der Waals surface area contributed by atoms with Crippen molar-refractivity contribution < 1.29 is 0 Å². The molecule has 0 aromatic heterocycles. The van der Waals surface area contributed by atoms with Gasteiger partial charge in [-0.05, 0) is 123 Å². The Morgan fingerprint density at radius 1 is 0.242 bits per heavy atom. The third kappa shape index (κ3) is 5.80. The molecule has 0 saturated heterocycles. The van der Waals surface area contributed by atoms with Crippen LogP contribution in [0.15, 0.2) is 261 Å². The highest BCUT2D eigenvalue weighted by molar-refractivity contribution is 6.04. The standard InChI is InChI=1S/C65H43N/c1-5-24-52-44(16-1)20-11-29-54(52)48-36-40-50(41-37-48)66(51-42-38-49(39-43-51)55-30-12-21-45-17-2-6-25-53(45)55)63-35-15-34-62-64(63)58-28-9-10-31-61(58)65(62,59-32-13-22-46-18-3-7-26-56(46)59)60-33-14-23-47-19-4-8-27-57(47)60/h1-43H. The van der Waals surface area contributed by atoms with Gasteiger partial charge in [0.05, 0.1) is 11.1 Å². The van der Waals surface area contributed by atoms with E-state index in [4.69, 9.17) is 0 Å². The number of nitrogens with zero attached hydrogens (tertiary/aromatic N) is 1. The van der Waals surface area contributed by atoms with Crippen molar-refractivity contribution in [2.75, 3.05) is 4.90 Å². The van der Waals surface area contributed by atoms with Crippen LogP contribution in [0.4, 0.5) is 17.1 Å². The molecular weight excluding hydrogens is 795 g/mol. The maximum atomic E-state index is 2.48. The maximum Gasteiger partial charge on any atom is 0.0726 e. The van der Waals surface area contributed by atoms with E-state index in [0.717, 1.165) is 17.1 Å². The smallest absolute Gasteiger partial charge is 0.0726 e. The highest BCUT2D eigenvalue weighted by Gasteiger charge is 2.48. The van der Waals surface area contributed by atoms with E-state index in [-0.39, 0.29) is 0 Å². The quantitative estimate of drug-likeness (QED) is 0.155. The Balaban J connectivity index is 1.08. The third-order valence-corrected chi connectivity index (χ3v) is 14.1. The van der Waals surface area contributed by atoms with E-state index in [1.807, 2.05) is 0 Å². The lowest BCUT2D eigenvalue weighted by Gasteiger charge is -2.36. The Morgan fingerprint density at radius 3 is 1.11 bits per heavy atom. The number of anilines is 3. The highest BCUT2D eigenvalue weighted by Crippen LogP contribution is 2.61. The Hall–Kier alpha value is -8.52. The summed E-state index contributed by atoms with van der Waals surface area (Å²) >= 11 is 0. The first-order chi connectivity index (χ1) is 32.8. The van der Waals surface area contributed by atoms with Crippen LogP contribution < -0.4 is 4.90 Å². The Kier molecular flexibility index (Phi) is 8.82. The Morgan fingerprint density at radius 2 is 0.591 bits per heavy atom. The van der Waals surface area contributed by atoms with Gasteiger partial charge in [-0.1, -0.05) is 231 Å². The fourth-order valence-corrected chi connectivity index (χ4v) is 11.3. The molecule has 0 bridgehead atoms. The maximum absolute atomic E-state index is 2.48. The Labute approximate surface area is 385 Å². The lowest BCUT2D eigenvalue weighted by atomic mass is 9.65. The van der Waals surface area contributed by atoms with Crippen molar-refractivity contribution in [1.82, 2.24) is 0 Å². The van der Waals surface area contributed by atoms with Crippen molar-refractivity contribution in [2.45, 2.75) is 5.41 Å². The molecule has 0 saturated carbocycles. The van der Waals surface area contributed by atoms with Gasteiger partial charge in [0.2, 0.25) is 0 Å². The molecule has 12 aromatic carbocycles. The minimum Gasteiger partial charge on any atom is -0.310 e. The van der Waals surface area contributed by atoms with Gasteiger partial charge in [0, 0.05) is 16.9 Å². The Bertz CT molecular complexity index is 3600. The van der Waals surface area contributed by atoms with Crippen LogP contribution >= 0.6 is 0 Å². The molecule has 0 heterocycles. The first kappa shape index (κ1) is 38.0. The van der Waals surface area contributed by atoms with Gasteiger partial charge in [0.1, 0.15) is 0 Å². The van der Waals surface area contributed by atoms with E-state index < -0.39 is 5.41 Å². The average Bonchev–Trinajstić information content (AvgIpc) is 3.70. The minimum atomic E-state index is -0.633. The first-order valence-electron chi connectivity index (χ1n) is 22.9. The van der Waals surface area contributed by atoms with Gasteiger partial charge in [-0.3, -0.25) is 0 Å². The van der Waals surface area contributed by atoms with Gasteiger partial charge < -0.3 is 4.90 Å². The van der Waals surface area contributed by atoms with Crippen molar-refractivity contribution in [1.29, 1.82) is 0 Å². The molecule has 1 aliphatic rings. The molecule has 0 radical (unpaired) electrons. The molecule has 1 heteroatoms. The van der Waals surface area contributed by atoms with E-state index in [2.05, 4.69) is 266 Å². The lowest BCUT2D eigenvalue weighted by Crippen LogP contribution is -2.29. The van der Waals surface area contributed by atoms with Crippen LogP contribution in [0.1, 0.15) is 22.3 Å². The number of hydrogen-bond donors (Lipinski definition) is 0. The molecule has 308 valence electrons. The van der Waals surface area contributed by atoms with Crippen LogP contribution in [0, 0.1) is 0 Å². The second kappa shape index (κ2) is 15.3. The molecule has 0 fully saturated rings. The van der Waals surface area contributed by atoms with E-state index in [9.17, 15) is 0 Å². The normalized spacial score (nSPS) is 12.7. The van der Waals surface area contributed by atoms with Crippen LogP contribution in [0.5, 0.6) is 0 Å². The van der Waals surface area contributed by atoms with Crippen molar-refractivity contribution in [3.05, 3.63) is 283 Å². The van der Waals surface area contributed by atoms with Crippen LogP contribution in [-0.2, 0) is 5.41 Å². The molecule has 13 rings (SSSR count). The summed E-state index contributed by atoms with van der Waals surface area (Å²) < 4.78 is 0. The first-order valence-corrected chi connectivity index (χ1v) is 22.9. The average molecular weight is 838 g/mol. The molecular formula is C65H43N. The predicted molar refractivity (Wildman–Crippen MR) is 279 cm³/mol. The SMILES string of the molecule is c1ccc2c(c1)-c1c(N(c3ccc(-c4cccc5ccccc45)cc3)c3ccc(-c4cccc5ccccc45)cc3)cccc1C2(c1cccc2ccccc12)c1cccc2ccccc12. The molecule has 1 aliphatic carbocycles. The second-order valence-electron chi connectivity index (χ2n) is 17.5. The summed E-state index contributed by atoms with van der Waals surface area (Å²) in [5.41, 5.74) is 15.2. The topological polar surface area (TPSA) is 3.24 Å². The molecule has 0 unspecified atom stereocenters. The minimum absolute atomic E-state index is 0.633. The summed E-state index contributed by atoms with van der Waals surface area (Å²) in [6.45, 7) is 0. The molecule has 0 atom stereocenters. The van der Waals surface area contributed by atoms with Crippen molar-refractivity contribution in [3.8, 4) is 33.4 Å². The summed E-state index contributed by atoms with van der Waals surface area (Å²) in [4.78, 5) is 2.48. The number of rotatable bonds is 7. The number of hydrogen-bond acceptors (Lipinski definition) is 1. The predicted octanol–water partition coefficient (Wildman–Crippen LogP) is 17.5. The van der Waals surface area contributed by atoms with Gasteiger partial charge in [-0.15, -0.1) is 0 Å². The monoisotopic (exact) mass is 837 g/mol. The fourth-order valence-electron chi connectivity index (χ4n) is 11.3. The van der Waals surface area contributed by atoms with Crippen LogP contribution in [0.25, 0.3) is 76.5 Å². The lowest BCUT2D eigenvalue weighted by molar-refractivity contribution is 0.784. The van der Waals surface area contributed by atoms with Gasteiger partial charge in [0.15, 0.2) is 0 Å². The van der Waals surface area contributed by atoms with Crippen LogP contribution in [0.2, 0.25) is 0 Å². The fraction of sp³-hybridized carbons (Fsp3) is 0.0154. The summed E-state index contributed by atoms with van der Waals surface area (Å²) in [5.74, 6) is 0. The van der Waals surface area contributed by atoms with Gasteiger partial charge in [-0.25, -0.2) is 0 Å². The molecule has 1 nitrogen and oxygen atoms in total. The molecule has 12 aromatic rings. The molecule has 0 spiro atoms. The van der Waals surface area contributed by atoms with Crippen molar-refractivity contribution >= 4 is 60.2 Å². The van der Waals surface area contributed by atoms with Gasteiger partial charge >= 0.3 is 0 Å². The summed E-state index contributed by atoms with van der Waals surface area (Å²) in [5, 5.41) is 9.97. The van der Waals surface area contributed by atoms with E-state index in [1.165, 1.54) is 98.7 Å². The van der Waals surface area contributed by atoms with Crippen LogP contribution in [-0.4, -0.2) is 0 Å². The molecule has 0 N–H and O–H groups in total. The largest absolute Gasteiger partial charge is 0.310 e. The number of benzene rings is 12. The van der Waals surface area contributed by atoms with Gasteiger partial charge in [-0.2, -0.15) is 0 Å². The van der Waals surface area contributed by atoms with Gasteiger partial charge in [0.25, 0.3) is 0 Å². The van der Waals surface area contributed by atoms with Crippen molar-refractivity contribution in [3.63, 3.8) is 0 Å². The highest BCUT2D eigenvalue weighted by atomic mass is 15.1. The zero-order valence-corrected chi connectivity index (χ0v) is 36.3. The second-order valence-corrected chi connectivity index (χ2v) is 17.5. The zero-order valence-electron chi connectivity index (χ0n) is 36.3. The zero-order chi connectivity index (χ0) is 43.6. The molecule has 66 heavy (non-hydrogen) atoms. The summed E-state index contributed by atoms with van der Waals surface area (Å²) in [6, 6.07) is 96.6. The summed E-state index contributed by atoms with van der Waals surface area (Å²) in [7, 11) is 0.